The highest BCUT2D eigenvalue weighted by atomic mass is 79.9. The van der Waals surface area contributed by atoms with Crippen molar-refractivity contribution in [2.24, 2.45) is 5.92 Å². The summed E-state index contributed by atoms with van der Waals surface area (Å²) in [6.45, 7) is 1.88. The minimum atomic E-state index is -2.86. The van der Waals surface area contributed by atoms with Crippen molar-refractivity contribution >= 4 is 21.8 Å². The number of carbonyl (C=O) groups is 1. The Morgan fingerprint density at radius 1 is 1.30 bits per heavy atom. The van der Waals surface area contributed by atoms with Crippen LogP contribution in [0.25, 0.3) is 0 Å². The molecule has 1 unspecified atom stereocenters. The van der Waals surface area contributed by atoms with Crippen LogP contribution in [-0.4, -0.2) is 23.9 Å². The second kappa shape index (κ2) is 8.19. The van der Waals surface area contributed by atoms with Crippen molar-refractivity contribution < 1.29 is 18.3 Å². The van der Waals surface area contributed by atoms with Crippen LogP contribution in [-0.2, 0) is 0 Å². The number of amides is 1. The zero-order valence-corrected chi connectivity index (χ0v) is 13.0. The molecule has 0 aromatic heterocycles. The molecule has 0 saturated carbocycles. The van der Waals surface area contributed by atoms with Gasteiger partial charge < -0.3 is 10.1 Å². The first-order chi connectivity index (χ1) is 9.38. The predicted octanol–water partition coefficient (Wildman–Crippen LogP) is 3.83. The van der Waals surface area contributed by atoms with E-state index in [0.717, 1.165) is 6.42 Å². The molecular weight excluding hydrogens is 332 g/mol. The Balaban J connectivity index is 2.47. The molecule has 3 nitrogen and oxygen atoms in total. The molecule has 0 aliphatic heterocycles. The number of halogens is 3. The fraction of sp³-hybridized carbons (Fsp3) is 0.500. The maximum atomic E-state index is 12.0. The van der Waals surface area contributed by atoms with Crippen molar-refractivity contribution in [1.29, 1.82) is 0 Å². The highest BCUT2D eigenvalue weighted by Gasteiger charge is 2.11. The number of hydrogen-bond donors (Lipinski definition) is 1. The van der Waals surface area contributed by atoms with Crippen LogP contribution in [0.2, 0.25) is 0 Å². The van der Waals surface area contributed by atoms with E-state index in [0.29, 0.717) is 18.0 Å². The first kappa shape index (κ1) is 16.9. The highest BCUT2D eigenvalue weighted by molar-refractivity contribution is 9.09. The third-order valence-electron chi connectivity index (χ3n) is 2.55. The number of carbonyl (C=O) groups excluding carboxylic acids is 1. The summed E-state index contributed by atoms with van der Waals surface area (Å²) in [6.07, 6.45) is 0.960. The van der Waals surface area contributed by atoms with Crippen LogP contribution in [0.4, 0.5) is 8.78 Å². The van der Waals surface area contributed by atoms with Crippen molar-refractivity contribution in [1.82, 2.24) is 5.32 Å². The number of benzene rings is 1. The first-order valence-corrected chi connectivity index (χ1v) is 7.27. The molecule has 0 fully saturated rings. The molecule has 1 N–H and O–H groups in total. The lowest BCUT2D eigenvalue weighted by Crippen LogP contribution is -2.30. The van der Waals surface area contributed by atoms with Crippen LogP contribution >= 0.6 is 15.9 Å². The molecule has 0 bridgehead atoms. The molecule has 1 amide bonds. The van der Waals surface area contributed by atoms with Crippen molar-refractivity contribution in [2.45, 2.75) is 31.7 Å². The number of hydrogen-bond acceptors (Lipinski definition) is 2. The summed E-state index contributed by atoms with van der Waals surface area (Å²) < 4.78 is 28.2. The molecule has 20 heavy (non-hydrogen) atoms. The van der Waals surface area contributed by atoms with Gasteiger partial charge in [-0.3, -0.25) is 4.79 Å². The normalized spacial score (nSPS) is 12.6. The van der Waals surface area contributed by atoms with E-state index >= 15 is 0 Å². The van der Waals surface area contributed by atoms with Crippen LogP contribution in [0.1, 0.15) is 30.6 Å². The number of nitrogens with one attached hydrogen (secondary N) is 1. The monoisotopic (exact) mass is 349 g/mol. The maximum Gasteiger partial charge on any atom is 0.387 e. The fourth-order valence-electron chi connectivity index (χ4n) is 1.69. The molecule has 0 heterocycles. The number of ether oxygens (including phenoxy) is 1. The number of rotatable bonds is 7. The first-order valence-electron chi connectivity index (χ1n) is 6.35. The quantitative estimate of drug-likeness (QED) is 0.759. The van der Waals surface area contributed by atoms with Gasteiger partial charge in [-0.1, -0.05) is 29.8 Å². The van der Waals surface area contributed by atoms with Crippen LogP contribution in [0.5, 0.6) is 5.75 Å². The van der Waals surface area contributed by atoms with Crippen LogP contribution in [0.3, 0.4) is 0 Å². The Kier molecular flexibility index (Phi) is 6.91. The second-order valence-corrected chi connectivity index (χ2v) is 6.13. The van der Waals surface area contributed by atoms with Crippen molar-refractivity contribution in [2.75, 3.05) is 6.54 Å². The average Bonchev–Trinajstić information content (AvgIpc) is 2.35. The summed E-state index contributed by atoms with van der Waals surface area (Å²) in [4.78, 5) is 12.1. The third-order valence-corrected chi connectivity index (χ3v) is 3.25. The van der Waals surface area contributed by atoms with E-state index in [1.165, 1.54) is 24.3 Å². The molecule has 0 saturated heterocycles. The van der Waals surface area contributed by atoms with Gasteiger partial charge in [-0.25, -0.2) is 0 Å². The van der Waals surface area contributed by atoms with Gasteiger partial charge in [0.1, 0.15) is 5.75 Å². The van der Waals surface area contributed by atoms with Gasteiger partial charge in [0.05, 0.1) is 0 Å². The van der Waals surface area contributed by atoms with E-state index in [9.17, 15) is 13.6 Å². The van der Waals surface area contributed by atoms with E-state index in [4.69, 9.17) is 0 Å². The van der Waals surface area contributed by atoms with E-state index in [1.54, 1.807) is 0 Å². The van der Waals surface area contributed by atoms with Gasteiger partial charge in [0.15, 0.2) is 0 Å². The molecule has 6 heteroatoms. The largest absolute Gasteiger partial charge is 0.435 e. The van der Waals surface area contributed by atoms with Gasteiger partial charge in [-0.15, -0.1) is 0 Å². The summed E-state index contributed by atoms with van der Waals surface area (Å²) in [5.41, 5.74) is 0.413. The smallest absolute Gasteiger partial charge is 0.387 e. The standard InChI is InChI=1S/C14H18BrF2NO2/c1-9(2)7-11(15)8-18-13(19)10-3-5-12(6-4-10)20-14(16)17/h3-6,9,11,14H,7-8H2,1-2H3,(H,18,19). The fourth-order valence-corrected chi connectivity index (χ4v) is 2.60. The van der Waals surface area contributed by atoms with Crippen LogP contribution in [0, 0.1) is 5.92 Å². The molecule has 0 radical (unpaired) electrons. The van der Waals surface area contributed by atoms with E-state index < -0.39 is 6.61 Å². The molecule has 1 rings (SSSR count). The molecular formula is C14H18BrF2NO2. The second-order valence-electron chi connectivity index (χ2n) is 4.84. The lowest BCUT2D eigenvalue weighted by molar-refractivity contribution is -0.0498. The molecule has 0 aliphatic rings. The molecule has 0 aliphatic carbocycles. The zero-order chi connectivity index (χ0) is 15.1. The molecule has 0 spiro atoms. The van der Waals surface area contributed by atoms with Crippen molar-refractivity contribution in [3.05, 3.63) is 29.8 Å². The summed E-state index contributed by atoms with van der Waals surface area (Å²) in [5.74, 6) is 0.346. The van der Waals surface area contributed by atoms with Gasteiger partial charge in [0, 0.05) is 16.9 Å². The minimum Gasteiger partial charge on any atom is -0.435 e. The van der Waals surface area contributed by atoms with Crippen molar-refractivity contribution in [3.63, 3.8) is 0 Å². The summed E-state index contributed by atoms with van der Waals surface area (Å²) in [6, 6.07) is 5.61. The lowest BCUT2D eigenvalue weighted by atomic mass is 10.1. The van der Waals surface area contributed by atoms with Gasteiger partial charge in [0.25, 0.3) is 5.91 Å². The molecule has 1 aromatic rings. The summed E-state index contributed by atoms with van der Waals surface area (Å²) >= 11 is 3.50. The highest BCUT2D eigenvalue weighted by Crippen LogP contribution is 2.15. The van der Waals surface area contributed by atoms with Crippen LogP contribution in [0.15, 0.2) is 24.3 Å². The Hall–Kier alpha value is -1.17. The topological polar surface area (TPSA) is 38.3 Å². The SMILES string of the molecule is CC(C)CC(Br)CNC(=O)c1ccc(OC(F)F)cc1. The van der Waals surface area contributed by atoms with Gasteiger partial charge in [-0.2, -0.15) is 8.78 Å². The third kappa shape index (κ3) is 6.32. The summed E-state index contributed by atoms with van der Waals surface area (Å²) in [5, 5.41) is 2.79. The maximum absolute atomic E-state index is 12.0. The van der Waals surface area contributed by atoms with E-state index in [-0.39, 0.29) is 16.5 Å². The van der Waals surface area contributed by atoms with Gasteiger partial charge >= 0.3 is 6.61 Å². The van der Waals surface area contributed by atoms with Gasteiger partial charge in [0.2, 0.25) is 0 Å². The Morgan fingerprint density at radius 3 is 2.40 bits per heavy atom. The average molecular weight is 350 g/mol. The molecule has 1 atom stereocenters. The van der Waals surface area contributed by atoms with Gasteiger partial charge in [-0.05, 0) is 36.6 Å². The Labute approximate surface area is 125 Å². The zero-order valence-electron chi connectivity index (χ0n) is 11.4. The molecule has 1 aromatic carbocycles. The Bertz CT molecular complexity index is 424. The van der Waals surface area contributed by atoms with Crippen LogP contribution < -0.4 is 10.1 Å². The van der Waals surface area contributed by atoms with E-state index in [2.05, 4.69) is 39.8 Å². The minimum absolute atomic E-state index is 0.0368. The van der Waals surface area contributed by atoms with E-state index in [1.807, 2.05) is 0 Å². The molecule has 112 valence electrons. The number of alkyl halides is 3. The Morgan fingerprint density at radius 2 is 1.90 bits per heavy atom. The van der Waals surface area contributed by atoms with Crippen molar-refractivity contribution in [3.8, 4) is 5.75 Å². The lowest BCUT2D eigenvalue weighted by Gasteiger charge is -2.13. The summed E-state index contributed by atoms with van der Waals surface area (Å²) in [7, 11) is 0. The predicted molar refractivity (Wildman–Crippen MR) is 77.6 cm³/mol.